The second-order valence-corrected chi connectivity index (χ2v) is 6.27. The molecule has 160 valence electrons. The number of methoxy groups -OCH3 is 1. The summed E-state index contributed by atoms with van der Waals surface area (Å²) in [6.45, 7) is 5.02. The van der Waals surface area contributed by atoms with Gasteiger partial charge in [-0.15, -0.1) is 24.0 Å². The first kappa shape index (κ1) is 25.2. The van der Waals surface area contributed by atoms with Gasteiger partial charge in [-0.3, -0.25) is 4.99 Å². The molecule has 0 fully saturated rings. The van der Waals surface area contributed by atoms with Crippen molar-refractivity contribution in [1.82, 2.24) is 10.6 Å². The first-order valence-electron chi connectivity index (χ1n) is 9.69. The number of rotatable bonds is 11. The lowest BCUT2D eigenvalue weighted by molar-refractivity contribution is 0.123. The molecule has 0 saturated carbocycles. The Morgan fingerprint density at radius 2 is 1.79 bits per heavy atom. The van der Waals surface area contributed by atoms with Crippen LogP contribution in [0.1, 0.15) is 30.6 Å². The van der Waals surface area contributed by atoms with Crippen LogP contribution in [0, 0.1) is 0 Å². The maximum atomic E-state index is 10.2. The predicted molar refractivity (Wildman–Crippen MR) is 128 cm³/mol. The minimum absolute atomic E-state index is 0. The lowest BCUT2D eigenvalue weighted by Crippen LogP contribution is -2.39. The average molecular weight is 513 g/mol. The molecule has 7 heteroatoms. The monoisotopic (exact) mass is 513 g/mol. The topological polar surface area (TPSA) is 75.1 Å². The van der Waals surface area contributed by atoms with Crippen molar-refractivity contribution in [2.24, 2.45) is 4.99 Å². The van der Waals surface area contributed by atoms with Crippen LogP contribution in [0.25, 0.3) is 0 Å². The lowest BCUT2D eigenvalue weighted by Gasteiger charge is -2.13. The second kappa shape index (κ2) is 15.1. The molecule has 1 unspecified atom stereocenters. The largest absolute Gasteiger partial charge is 0.496 e. The van der Waals surface area contributed by atoms with E-state index in [1.165, 1.54) is 0 Å². The van der Waals surface area contributed by atoms with Gasteiger partial charge in [0.15, 0.2) is 5.96 Å². The number of ether oxygens (including phenoxy) is 2. The van der Waals surface area contributed by atoms with Crippen LogP contribution in [0.15, 0.2) is 59.6 Å². The molecule has 0 heterocycles. The number of nitrogens with zero attached hydrogens (tertiary/aromatic N) is 1. The van der Waals surface area contributed by atoms with Crippen LogP contribution in [-0.4, -0.2) is 44.4 Å². The van der Waals surface area contributed by atoms with E-state index in [-0.39, 0.29) is 24.0 Å². The van der Waals surface area contributed by atoms with E-state index < -0.39 is 6.10 Å². The first-order chi connectivity index (χ1) is 13.7. The van der Waals surface area contributed by atoms with Crippen LogP contribution >= 0.6 is 24.0 Å². The van der Waals surface area contributed by atoms with Gasteiger partial charge in [-0.1, -0.05) is 48.5 Å². The summed E-state index contributed by atoms with van der Waals surface area (Å²) in [6.07, 6.45) is 0.0715. The number of para-hydroxylation sites is 1. The van der Waals surface area contributed by atoms with Gasteiger partial charge in [0.1, 0.15) is 5.75 Å². The smallest absolute Gasteiger partial charge is 0.191 e. The second-order valence-electron chi connectivity index (χ2n) is 6.27. The van der Waals surface area contributed by atoms with Gasteiger partial charge in [0.05, 0.1) is 26.4 Å². The number of halogens is 1. The van der Waals surface area contributed by atoms with E-state index in [1.54, 1.807) is 7.11 Å². The summed E-state index contributed by atoms with van der Waals surface area (Å²) < 4.78 is 11.0. The van der Waals surface area contributed by atoms with Gasteiger partial charge in [0.2, 0.25) is 0 Å². The Morgan fingerprint density at radius 1 is 1.07 bits per heavy atom. The van der Waals surface area contributed by atoms with E-state index in [9.17, 15) is 5.11 Å². The zero-order valence-electron chi connectivity index (χ0n) is 17.1. The van der Waals surface area contributed by atoms with Crippen molar-refractivity contribution in [3.8, 4) is 5.75 Å². The predicted octanol–water partition coefficient (Wildman–Crippen LogP) is 3.51. The van der Waals surface area contributed by atoms with Crippen LogP contribution < -0.4 is 15.4 Å². The van der Waals surface area contributed by atoms with Crippen LogP contribution in [-0.2, 0) is 11.3 Å². The quantitative estimate of drug-likeness (QED) is 0.186. The average Bonchev–Trinajstić information content (AvgIpc) is 2.74. The fourth-order valence-corrected chi connectivity index (χ4v) is 2.73. The third-order valence-corrected chi connectivity index (χ3v) is 4.19. The molecule has 0 saturated heterocycles. The molecule has 29 heavy (non-hydrogen) atoms. The molecule has 0 aliphatic heterocycles. The van der Waals surface area contributed by atoms with Gasteiger partial charge in [-0.2, -0.15) is 0 Å². The van der Waals surface area contributed by atoms with Crippen LogP contribution in [0.2, 0.25) is 0 Å². The number of benzene rings is 2. The number of aliphatic imine (C=N–C) groups is 1. The molecule has 2 aromatic carbocycles. The van der Waals surface area contributed by atoms with Crippen molar-refractivity contribution >= 4 is 29.9 Å². The number of guanidine groups is 1. The molecule has 0 bridgehead atoms. The lowest BCUT2D eigenvalue weighted by atomic mass is 10.1. The minimum Gasteiger partial charge on any atom is -0.496 e. The summed E-state index contributed by atoms with van der Waals surface area (Å²) >= 11 is 0. The number of nitrogens with one attached hydrogen (secondary N) is 2. The highest BCUT2D eigenvalue weighted by Crippen LogP contribution is 2.18. The summed E-state index contributed by atoms with van der Waals surface area (Å²) in [5.74, 6) is 1.56. The van der Waals surface area contributed by atoms with E-state index in [0.29, 0.717) is 32.7 Å². The number of aliphatic hydroxyl groups is 1. The Hall–Kier alpha value is -1.84. The molecule has 0 radical (unpaired) electrons. The van der Waals surface area contributed by atoms with E-state index in [4.69, 9.17) is 9.47 Å². The van der Waals surface area contributed by atoms with Gasteiger partial charge in [0, 0.05) is 25.2 Å². The van der Waals surface area contributed by atoms with Crippen LogP contribution in [0.5, 0.6) is 5.75 Å². The molecule has 2 aromatic rings. The fourth-order valence-electron chi connectivity index (χ4n) is 2.73. The third kappa shape index (κ3) is 9.47. The Labute approximate surface area is 190 Å². The van der Waals surface area contributed by atoms with Gasteiger partial charge in [-0.05, 0) is 25.0 Å². The molecule has 2 rings (SSSR count). The highest BCUT2D eigenvalue weighted by Gasteiger charge is 2.06. The maximum Gasteiger partial charge on any atom is 0.191 e. The molecule has 1 atom stereocenters. The first-order valence-corrected chi connectivity index (χ1v) is 9.69. The van der Waals surface area contributed by atoms with E-state index in [2.05, 4.69) is 15.6 Å². The Kier molecular flexibility index (Phi) is 13.1. The van der Waals surface area contributed by atoms with Gasteiger partial charge in [0.25, 0.3) is 0 Å². The third-order valence-electron chi connectivity index (χ3n) is 4.19. The summed E-state index contributed by atoms with van der Waals surface area (Å²) in [4.78, 5) is 4.52. The molecule has 0 spiro atoms. The molecule has 0 amide bonds. The van der Waals surface area contributed by atoms with Crippen molar-refractivity contribution in [2.45, 2.75) is 26.1 Å². The highest BCUT2D eigenvalue weighted by atomic mass is 127. The number of aliphatic hydroxyl groups excluding tert-OH is 1. The summed E-state index contributed by atoms with van der Waals surface area (Å²) in [5, 5.41) is 16.7. The van der Waals surface area contributed by atoms with E-state index >= 15 is 0 Å². The molecule has 0 aliphatic carbocycles. The zero-order chi connectivity index (χ0) is 20.0. The fraction of sp³-hybridized carbons (Fsp3) is 0.409. The number of hydrogen-bond acceptors (Lipinski definition) is 4. The molecule has 0 aromatic heterocycles. The highest BCUT2D eigenvalue weighted by molar-refractivity contribution is 14.0. The van der Waals surface area contributed by atoms with Crippen molar-refractivity contribution < 1.29 is 14.6 Å². The molecular formula is C22H32IN3O3. The van der Waals surface area contributed by atoms with Crippen molar-refractivity contribution in [2.75, 3.05) is 33.4 Å². The minimum atomic E-state index is -0.503. The number of hydrogen-bond donors (Lipinski definition) is 3. The van der Waals surface area contributed by atoms with E-state index in [0.717, 1.165) is 29.4 Å². The Bertz CT molecular complexity index is 713. The van der Waals surface area contributed by atoms with Gasteiger partial charge >= 0.3 is 0 Å². The Balaban J connectivity index is 0.00000420. The normalized spacial score (nSPS) is 12.0. The SMILES string of the molecule is CCNC(=NCCC(O)c1ccccc1)NCCOCc1ccccc1OC.I. The van der Waals surface area contributed by atoms with Gasteiger partial charge in [-0.25, -0.2) is 0 Å². The van der Waals surface area contributed by atoms with Crippen molar-refractivity contribution in [3.05, 3.63) is 65.7 Å². The zero-order valence-corrected chi connectivity index (χ0v) is 19.5. The summed E-state index contributed by atoms with van der Waals surface area (Å²) in [7, 11) is 1.66. The summed E-state index contributed by atoms with van der Waals surface area (Å²) in [6, 6.07) is 17.5. The summed E-state index contributed by atoms with van der Waals surface area (Å²) in [5.41, 5.74) is 1.95. The van der Waals surface area contributed by atoms with Crippen LogP contribution in [0.4, 0.5) is 0 Å². The Morgan fingerprint density at radius 3 is 2.52 bits per heavy atom. The standard InChI is InChI=1S/C22H31N3O3.HI/c1-3-23-22(24-14-13-20(26)18-9-5-4-6-10-18)25-15-16-28-17-19-11-7-8-12-21(19)27-2;/h4-12,20,26H,3,13-17H2,1-2H3,(H2,23,24,25);1H. The maximum absolute atomic E-state index is 10.2. The van der Waals surface area contributed by atoms with Crippen LogP contribution in [0.3, 0.4) is 0 Å². The van der Waals surface area contributed by atoms with Crippen molar-refractivity contribution in [3.63, 3.8) is 0 Å². The van der Waals surface area contributed by atoms with Gasteiger partial charge < -0.3 is 25.2 Å². The molecule has 0 aliphatic rings. The molecule has 6 nitrogen and oxygen atoms in total. The molecule has 3 N–H and O–H groups in total. The molecular weight excluding hydrogens is 481 g/mol. The van der Waals surface area contributed by atoms with E-state index in [1.807, 2.05) is 61.5 Å². The van der Waals surface area contributed by atoms with Crippen molar-refractivity contribution in [1.29, 1.82) is 0 Å².